The van der Waals surface area contributed by atoms with E-state index in [0.29, 0.717) is 6.54 Å². The molecule has 0 saturated heterocycles. The molecule has 1 unspecified atom stereocenters. The third-order valence-corrected chi connectivity index (χ3v) is 4.81. The van der Waals surface area contributed by atoms with Crippen molar-refractivity contribution in [1.82, 2.24) is 0 Å². The molecule has 1 aromatic heterocycles. The molecule has 3 nitrogen and oxygen atoms in total. The summed E-state index contributed by atoms with van der Waals surface area (Å²) in [7, 11) is 1.85. The number of anilines is 1. The molecule has 0 fully saturated rings. The number of likely N-dealkylation sites (N-methyl/N-ethyl adjacent to an activating group) is 1. The maximum atomic E-state index is 12.7. The van der Waals surface area contributed by atoms with Crippen LogP contribution in [0.15, 0.2) is 29.6 Å². The van der Waals surface area contributed by atoms with Crippen molar-refractivity contribution in [3.63, 3.8) is 0 Å². The molecule has 0 aliphatic rings. The number of hydrogen-bond acceptors (Lipinski definition) is 2. The first-order valence-corrected chi connectivity index (χ1v) is 8.43. The lowest BCUT2D eigenvalue weighted by atomic mass is 10.2. The van der Waals surface area contributed by atoms with Crippen LogP contribution in [0.25, 0.3) is 0 Å². The van der Waals surface area contributed by atoms with Gasteiger partial charge in [0, 0.05) is 0 Å². The standard InChI is InChI=1S/C16H16ClF3N2OS/c1-10-5-6-24-14(10)8-22(2)9-15(23)21-13-7-11(16(18,19)20)3-4-12(13)17/h3-7H,8-9H2,1-2H3,(H,21,23)/p+1. The zero-order chi connectivity index (χ0) is 17.9. The van der Waals surface area contributed by atoms with Gasteiger partial charge in [-0.15, -0.1) is 11.3 Å². The molecular formula is C16H17ClF3N2OS+. The van der Waals surface area contributed by atoms with Crippen LogP contribution in [0.3, 0.4) is 0 Å². The molecule has 2 N–H and O–H groups in total. The van der Waals surface area contributed by atoms with Crippen LogP contribution in [0, 0.1) is 6.92 Å². The van der Waals surface area contributed by atoms with E-state index in [1.807, 2.05) is 25.4 Å². The molecule has 130 valence electrons. The predicted molar refractivity (Wildman–Crippen MR) is 89.6 cm³/mol. The van der Waals surface area contributed by atoms with Crippen molar-refractivity contribution >= 4 is 34.5 Å². The second-order valence-electron chi connectivity index (χ2n) is 5.58. The van der Waals surface area contributed by atoms with Gasteiger partial charge < -0.3 is 10.2 Å². The van der Waals surface area contributed by atoms with Crippen molar-refractivity contribution in [1.29, 1.82) is 0 Å². The maximum Gasteiger partial charge on any atom is 0.416 e. The predicted octanol–water partition coefficient (Wildman–Crippen LogP) is 3.38. The zero-order valence-corrected chi connectivity index (χ0v) is 14.7. The fourth-order valence-electron chi connectivity index (χ4n) is 2.19. The van der Waals surface area contributed by atoms with Crippen molar-refractivity contribution in [2.24, 2.45) is 0 Å². The number of carbonyl (C=O) groups is 1. The Kier molecular flexibility index (Phi) is 5.90. The minimum Gasteiger partial charge on any atom is -0.325 e. The van der Waals surface area contributed by atoms with Crippen molar-refractivity contribution in [3.05, 3.63) is 50.7 Å². The average Bonchev–Trinajstić information content (AvgIpc) is 2.85. The van der Waals surface area contributed by atoms with Crippen LogP contribution in [0.1, 0.15) is 16.0 Å². The Morgan fingerprint density at radius 2 is 2.04 bits per heavy atom. The van der Waals surface area contributed by atoms with Gasteiger partial charge in [-0.2, -0.15) is 13.2 Å². The molecule has 0 spiro atoms. The molecule has 0 aliphatic heterocycles. The molecule has 0 radical (unpaired) electrons. The highest BCUT2D eigenvalue weighted by molar-refractivity contribution is 7.10. The van der Waals surface area contributed by atoms with E-state index < -0.39 is 11.7 Å². The van der Waals surface area contributed by atoms with Crippen molar-refractivity contribution < 1.29 is 22.9 Å². The summed E-state index contributed by atoms with van der Waals surface area (Å²) in [6, 6.07) is 4.87. The van der Waals surface area contributed by atoms with Gasteiger partial charge in [-0.05, 0) is 42.1 Å². The quantitative estimate of drug-likeness (QED) is 0.823. The van der Waals surface area contributed by atoms with E-state index in [4.69, 9.17) is 11.6 Å². The molecule has 1 atom stereocenters. The van der Waals surface area contributed by atoms with Crippen molar-refractivity contribution in [3.8, 4) is 0 Å². The van der Waals surface area contributed by atoms with Crippen molar-refractivity contribution in [2.45, 2.75) is 19.6 Å². The smallest absolute Gasteiger partial charge is 0.325 e. The minimum absolute atomic E-state index is 0.0309. The third kappa shape index (κ3) is 4.96. The lowest BCUT2D eigenvalue weighted by Gasteiger charge is -2.15. The number of alkyl halides is 3. The van der Waals surface area contributed by atoms with E-state index in [2.05, 4.69) is 5.32 Å². The topological polar surface area (TPSA) is 33.5 Å². The Bertz CT molecular complexity index is 730. The molecule has 8 heteroatoms. The Morgan fingerprint density at radius 1 is 1.33 bits per heavy atom. The van der Waals surface area contributed by atoms with Gasteiger partial charge >= 0.3 is 6.18 Å². The van der Waals surface area contributed by atoms with Crippen LogP contribution in [0.5, 0.6) is 0 Å². The monoisotopic (exact) mass is 377 g/mol. The van der Waals surface area contributed by atoms with E-state index in [1.165, 1.54) is 10.4 Å². The van der Waals surface area contributed by atoms with Gasteiger partial charge in [-0.25, -0.2) is 0 Å². The summed E-state index contributed by atoms with van der Waals surface area (Å²) in [5, 5.41) is 4.52. The number of carbonyl (C=O) groups excluding carboxylic acids is 1. The molecule has 1 amide bonds. The van der Waals surface area contributed by atoms with Crippen LogP contribution in [-0.2, 0) is 17.5 Å². The number of aryl methyl sites for hydroxylation is 1. The number of quaternary nitrogens is 1. The van der Waals surface area contributed by atoms with E-state index in [1.54, 1.807) is 11.3 Å². The second kappa shape index (κ2) is 7.55. The average molecular weight is 378 g/mol. The number of amides is 1. The summed E-state index contributed by atoms with van der Waals surface area (Å²) in [5.74, 6) is -0.386. The Morgan fingerprint density at radius 3 is 2.62 bits per heavy atom. The summed E-state index contributed by atoms with van der Waals surface area (Å²) in [5.41, 5.74) is 0.286. The molecule has 0 saturated carbocycles. The van der Waals surface area contributed by atoms with E-state index in [9.17, 15) is 18.0 Å². The normalized spacial score (nSPS) is 12.9. The van der Waals surface area contributed by atoms with Gasteiger partial charge in [0.25, 0.3) is 5.91 Å². The third-order valence-electron chi connectivity index (χ3n) is 3.46. The van der Waals surface area contributed by atoms with Crippen LogP contribution >= 0.6 is 22.9 Å². The lowest BCUT2D eigenvalue weighted by Crippen LogP contribution is -3.08. The Labute approximate surface area is 147 Å². The molecule has 1 aromatic carbocycles. The Hall–Kier alpha value is -1.57. The fraction of sp³-hybridized carbons (Fsp3) is 0.312. The summed E-state index contributed by atoms with van der Waals surface area (Å²) in [4.78, 5) is 14.2. The van der Waals surface area contributed by atoms with Gasteiger partial charge in [0.05, 0.1) is 28.2 Å². The largest absolute Gasteiger partial charge is 0.416 e. The van der Waals surface area contributed by atoms with Crippen molar-refractivity contribution in [2.75, 3.05) is 18.9 Å². The highest BCUT2D eigenvalue weighted by Gasteiger charge is 2.31. The number of halogens is 4. The number of thiophene rings is 1. The molecular weight excluding hydrogens is 361 g/mol. The van der Waals surface area contributed by atoms with Gasteiger partial charge in [0.2, 0.25) is 0 Å². The molecule has 1 heterocycles. The first-order chi connectivity index (χ1) is 11.2. The summed E-state index contributed by atoms with van der Waals surface area (Å²) < 4.78 is 38.2. The van der Waals surface area contributed by atoms with Gasteiger partial charge in [-0.3, -0.25) is 4.79 Å². The summed E-state index contributed by atoms with van der Waals surface area (Å²) in [6.07, 6.45) is -4.48. The fourth-order valence-corrected chi connectivity index (χ4v) is 3.37. The van der Waals surface area contributed by atoms with Crippen LogP contribution in [0.2, 0.25) is 5.02 Å². The zero-order valence-electron chi connectivity index (χ0n) is 13.1. The molecule has 0 aliphatic carbocycles. The number of benzene rings is 1. The van der Waals surface area contributed by atoms with E-state index >= 15 is 0 Å². The van der Waals surface area contributed by atoms with Gasteiger partial charge in [0.15, 0.2) is 6.54 Å². The maximum absolute atomic E-state index is 12.7. The van der Waals surface area contributed by atoms with Crippen LogP contribution < -0.4 is 10.2 Å². The van der Waals surface area contributed by atoms with E-state index in [-0.39, 0.29) is 23.2 Å². The van der Waals surface area contributed by atoms with Gasteiger partial charge in [0.1, 0.15) is 6.54 Å². The summed E-state index contributed by atoms with van der Waals surface area (Å²) in [6.45, 7) is 2.80. The molecule has 0 bridgehead atoms. The second-order valence-corrected chi connectivity index (χ2v) is 6.99. The first kappa shape index (κ1) is 18.8. The number of hydrogen-bond donors (Lipinski definition) is 2. The molecule has 2 aromatic rings. The first-order valence-electron chi connectivity index (χ1n) is 7.17. The van der Waals surface area contributed by atoms with E-state index in [0.717, 1.165) is 23.1 Å². The highest BCUT2D eigenvalue weighted by Crippen LogP contribution is 2.33. The minimum atomic E-state index is -4.48. The summed E-state index contributed by atoms with van der Waals surface area (Å²) >= 11 is 7.49. The number of rotatable bonds is 5. The lowest BCUT2D eigenvalue weighted by molar-refractivity contribution is -0.884. The number of nitrogens with one attached hydrogen (secondary N) is 2. The highest BCUT2D eigenvalue weighted by atomic mass is 35.5. The molecule has 24 heavy (non-hydrogen) atoms. The Balaban J connectivity index is 2.00. The molecule has 2 rings (SSSR count). The van der Waals surface area contributed by atoms with Crippen LogP contribution in [-0.4, -0.2) is 19.5 Å². The van der Waals surface area contributed by atoms with Gasteiger partial charge in [-0.1, -0.05) is 11.6 Å². The van der Waals surface area contributed by atoms with Crippen LogP contribution in [0.4, 0.5) is 18.9 Å². The SMILES string of the molecule is Cc1ccsc1C[NH+](C)CC(=O)Nc1cc(C(F)(F)F)ccc1Cl.